The number of hydrogen-bond acceptors (Lipinski definition) is 1. The number of halogens is 2. The van der Waals surface area contributed by atoms with Crippen molar-refractivity contribution in [2.45, 2.75) is 57.9 Å². The minimum absolute atomic E-state index is 0.232. The highest BCUT2D eigenvalue weighted by molar-refractivity contribution is 6.33. The highest BCUT2D eigenvalue weighted by Crippen LogP contribution is 2.30. The third-order valence-electron chi connectivity index (χ3n) is 4.07. The van der Waals surface area contributed by atoms with Crippen molar-refractivity contribution >= 4 is 17.3 Å². The van der Waals surface area contributed by atoms with Crippen molar-refractivity contribution in [3.63, 3.8) is 0 Å². The Bertz CT molecular complexity index is 408. The Hall–Kier alpha value is -0.760. The van der Waals surface area contributed by atoms with Crippen molar-refractivity contribution < 1.29 is 4.39 Å². The summed E-state index contributed by atoms with van der Waals surface area (Å²) in [6.07, 6.45) is 8.81. The molecule has 1 N–H and O–H groups in total. The molecule has 0 saturated heterocycles. The number of rotatable bonds is 4. The second kappa shape index (κ2) is 7.14. The topological polar surface area (TPSA) is 12.0 Å². The average Bonchev–Trinajstić information content (AvgIpc) is 2.60. The molecule has 0 radical (unpaired) electrons. The van der Waals surface area contributed by atoms with Gasteiger partial charge in [-0.3, -0.25) is 0 Å². The molecule has 1 aromatic carbocycles. The van der Waals surface area contributed by atoms with Crippen molar-refractivity contribution in [1.82, 2.24) is 0 Å². The van der Waals surface area contributed by atoms with Crippen molar-refractivity contribution in [2.75, 3.05) is 5.32 Å². The fourth-order valence-electron chi connectivity index (χ4n) is 3.05. The summed E-state index contributed by atoms with van der Waals surface area (Å²) in [6, 6.07) is 4.95. The molecular weight excluding hydrogens is 261 g/mol. The zero-order valence-electron chi connectivity index (χ0n) is 11.6. The lowest BCUT2D eigenvalue weighted by Crippen LogP contribution is -2.18. The first-order valence-electron chi connectivity index (χ1n) is 7.40. The normalized spacial score (nSPS) is 23.9. The van der Waals surface area contributed by atoms with Crippen molar-refractivity contribution in [1.29, 1.82) is 0 Å². The van der Waals surface area contributed by atoms with E-state index in [1.54, 1.807) is 6.07 Å². The summed E-state index contributed by atoms with van der Waals surface area (Å²) in [5.74, 6) is 0.643. The van der Waals surface area contributed by atoms with Gasteiger partial charge < -0.3 is 5.32 Å². The van der Waals surface area contributed by atoms with E-state index < -0.39 is 0 Å². The Balaban J connectivity index is 1.94. The standard InChI is InChI=1S/C16H23ClFN/c1-2-4-12-5-3-6-14(9-7-12)19-16-11-13(18)8-10-15(16)17/h8,10-12,14,19H,2-7,9H2,1H3. The molecule has 0 heterocycles. The van der Waals surface area contributed by atoms with E-state index in [-0.39, 0.29) is 5.82 Å². The fourth-order valence-corrected chi connectivity index (χ4v) is 3.22. The molecule has 1 fully saturated rings. The van der Waals surface area contributed by atoms with Gasteiger partial charge in [-0.1, -0.05) is 44.2 Å². The first kappa shape index (κ1) is 14.6. The van der Waals surface area contributed by atoms with Crippen LogP contribution in [0.15, 0.2) is 18.2 Å². The largest absolute Gasteiger partial charge is 0.381 e. The summed E-state index contributed by atoms with van der Waals surface area (Å²) in [5, 5.41) is 4.03. The van der Waals surface area contributed by atoms with E-state index in [9.17, 15) is 4.39 Å². The van der Waals surface area contributed by atoms with Gasteiger partial charge >= 0.3 is 0 Å². The molecular formula is C16H23ClFN. The molecule has 3 heteroatoms. The molecule has 0 spiro atoms. The lowest BCUT2D eigenvalue weighted by Gasteiger charge is -2.19. The number of hydrogen-bond donors (Lipinski definition) is 1. The van der Waals surface area contributed by atoms with Gasteiger partial charge in [-0.2, -0.15) is 0 Å². The van der Waals surface area contributed by atoms with Crippen LogP contribution in [0.25, 0.3) is 0 Å². The van der Waals surface area contributed by atoms with Crippen LogP contribution in [0.4, 0.5) is 10.1 Å². The molecule has 1 aliphatic carbocycles. The molecule has 0 aromatic heterocycles. The zero-order chi connectivity index (χ0) is 13.7. The van der Waals surface area contributed by atoms with Gasteiger partial charge in [0, 0.05) is 6.04 Å². The van der Waals surface area contributed by atoms with Crippen LogP contribution in [-0.4, -0.2) is 6.04 Å². The van der Waals surface area contributed by atoms with Crippen LogP contribution in [0.5, 0.6) is 0 Å². The molecule has 2 rings (SSSR count). The van der Waals surface area contributed by atoms with E-state index in [0.717, 1.165) is 24.4 Å². The fraction of sp³-hybridized carbons (Fsp3) is 0.625. The maximum absolute atomic E-state index is 13.2. The van der Waals surface area contributed by atoms with Crippen molar-refractivity contribution in [3.05, 3.63) is 29.0 Å². The van der Waals surface area contributed by atoms with Gasteiger partial charge in [0.2, 0.25) is 0 Å². The van der Waals surface area contributed by atoms with Gasteiger partial charge in [0.25, 0.3) is 0 Å². The van der Waals surface area contributed by atoms with E-state index >= 15 is 0 Å². The summed E-state index contributed by atoms with van der Waals surface area (Å²) in [5.41, 5.74) is 0.737. The molecule has 1 aromatic rings. The van der Waals surface area contributed by atoms with Crippen LogP contribution in [0.2, 0.25) is 5.02 Å². The monoisotopic (exact) mass is 283 g/mol. The molecule has 0 bridgehead atoms. The minimum Gasteiger partial charge on any atom is -0.381 e. The molecule has 2 unspecified atom stereocenters. The summed E-state index contributed by atoms with van der Waals surface area (Å²) in [6.45, 7) is 2.26. The SMILES string of the molecule is CCCC1CCCC(Nc2cc(F)ccc2Cl)CC1. The van der Waals surface area contributed by atoms with Crippen LogP contribution < -0.4 is 5.32 Å². The molecule has 2 atom stereocenters. The first-order valence-corrected chi connectivity index (χ1v) is 7.78. The molecule has 1 saturated carbocycles. The molecule has 19 heavy (non-hydrogen) atoms. The van der Waals surface area contributed by atoms with Gasteiger partial charge in [-0.25, -0.2) is 4.39 Å². The van der Waals surface area contributed by atoms with Crippen LogP contribution in [0.3, 0.4) is 0 Å². The lowest BCUT2D eigenvalue weighted by molar-refractivity contribution is 0.422. The number of nitrogens with one attached hydrogen (secondary N) is 1. The van der Waals surface area contributed by atoms with Crippen molar-refractivity contribution in [2.24, 2.45) is 5.92 Å². The molecule has 1 aliphatic rings. The van der Waals surface area contributed by atoms with Gasteiger partial charge in [0.1, 0.15) is 5.82 Å². The van der Waals surface area contributed by atoms with Crippen molar-refractivity contribution in [3.8, 4) is 0 Å². The maximum Gasteiger partial charge on any atom is 0.125 e. The van der Waals surface area contributed by atoms with Crippen LogP contribution >= 0.6 is 11.6 Å². The predicted octanol–water partition coefficient (Wildman–Crippen LogP) is 5.64. The average molecular weight is 284 g/mol. The summed E-state index contributed by atoms with van der Waals surface area (Å²) >= 11 is 6.11. The molecule has 1 nitrogen and oxygen atoms in total. The lowest BCUT2D eigenvalue weighted by atomic mass is 9.95. The summed E-state index contributed by atoms with van der Waals surface area (Å²) in [4.78, 5) is 0. The second-order valence-electron chi connectivity index (χ2n) is 5.63. The Morgan fingerprint density at radius 2 is 2.11 bits per heavy atom. The van der Waals surface area contributed by atoms with Crippen LogP contribution in [0, 0.1) is 11.7 Å². The molecule has 106 valence electrons. The van der Waals surface area contributed by atoms with Crippen LogP contribution in [-0.2, 0) is 0 Å². The highest BCUT2D eigenvalue weighted by Gasteiger charge is 2.18. The predicted molar refractivity (Wildman–Crippen MR) is 80.3 cm³/mol. The van der Waals surface area contributed by atoms with Gasteiger partial charge in [0.05, 0.1) is 10.7 Å². The Morgan fingerprint density at radius 1 is 1.26 bits per heavy atom. The van der Waals surface area contributed by atoms with E-state index in [4.69, 9.17) is 11.6 Å². The number of anilines is 1. The number of benzene rings is 1. The van der Waals surface area contributed by atoms with Crippen LogP contribution in [0.1, 0.15) is 51.9 Å². The minimum atomic E-state index is -0.232. The maximum atomic E-state index is 13.2. The second-order valence-corrected chi connectivity index (χ2v) is 6.04. The van der Waals surface area contributed by atoms with Gasteiger partial charge in [-0.05, 0) is 43.4 Å². The van der Waals surface area contributed by atoms with E-state index in [1.165, 1.54) is 44.2 Å². The first-order chi connectivity index (χ1) is 9.19. The summed E-state index contributed by atoms with van der Waals surface area (Å²) < 4.78 is 13.2. The Kier molecular flexibility index (Phi) is 5.50. The molecule has 0 aliphatic heterocycles. The van der Waals surface area contributed by atoms with E-state index in [0.29, 0.717) is 11.1 Å². The highest BCUT2D eigenvalue weighted by atomic mass is 35.5. The molecule has 0 amide bonds. The third-order valence-corrected chi connectivity index (χ3v) is 4.40. The smallest absolute Gasteiger partial charge is 0.125 e. The quantitative estimate of drug-likeness (QED) is 0.705. The third kappa shape index (κ3) is 4.38. The Labute approximate surface area is 120 Å². The van der Waals surface area contributed by atoms with E-state index in [1.807, 2.05) is 0 Å². The zero-order valence-corrected chi connectivity index (χ0v) is 12.3. The Morgan fingerprint density at radius 3 is 2.89 bits per heavy atom. The van der Waals surface area contributed by atoms with E-state index in [2.05, 4.69) is 12.2 Å². The van der Waals surface area contributed by atoms with Gasteiger partial charge in [-0.15, -0.1) is 0 Å². The van der Waals surface area contributed by atoms with Gasteiger partial charge in [0.15, 0.2) is 0 Å². The summed E-state index contributed by atoms with van der Waals surface area (Å²) in [7, 11) is 0.